The Kier molecular flexibility index (Phi) is 2.67. The predicted octanol–water partition coefficient (Wildman–Crippen LogP) is 2.18. The molecule has 0 spiro atoms. The van der Waals surface area contributed by atoms with Gasteiger partial charge in [0.1, 0.15) is 5.52 Å². The van der Waals surface area contributed by atoms with Crippen molar-refractivity contribution in [2.75, 3.05) is 13.2 Å². The van der Waals surface area contributed by atoms with Crippen molar-refractivity contribution >= 4 is 11.0 Å². The molecule has 6 heteroatoms. The van der Waals surface area contributed by atoms with Gasteiger partial charge < -0.3 is 9.26 Å². The van der Waals surface area contributed by atoms with Gasteiger partial charge in [-0.25, -0.2) is 0 Å². The predicted molar refractivity (Wildman–Crippen MR) is 71.0 cm³/mol. The average Bonchev–Trinajstić information content (AvgIpc) is 3.17. The van der Waals surface area contributed by atoms with Crippen LogP contribution in [0.25, 0.3) is 22.5 Å². The SMILES string of the molecule is c1cc(-c2nc([C@@H]3CCOC3)no2)c2nccnc2c1. The van der Waals surface area contributed by atoms with Crippen molar-refractivity contribution in [1.29, 1.82) is 0 Å². The van der Waals surface area contributed by atoms with Gasteiger partial charge in [0.15, 0.2) is 5.82 Å². The highest BCUT2D eigenvalue weighted by Gasteiger charge is 2.24. The van der Waals surface area contributed by atoms with E-state index >= 15 is 0 Å². The van der Waals surface area contributed by atoms with Crippen molar-refractivity contribution in [3.05, 3.63) is 36.4 Å². The molecule has 0 bridgehead atoms. The van der Waals surface area contributed by atoms with E-state index in [1.165, 1.54) is 0 Å². The van der Waals surface area contributed by atoms with Crippen LogP contribution < -0.4 is 0 Å². The molecule has 0 saturated carbocycles. The summed E-state index contributed by atoms with van der Waals surface area (Å²) >= 11 is 0. The monoisotopic (exact) mass is 268 g/mol. The van der Waals surface area contributed by atoms with E-state index in [1.807, 2.05) is 18.2 Å². The lowest BCUT2D eigenvalue weighted by Crippen LogP contribution is -1.99. The Morgan fingerprint density at radius 2 is 2.10 bits per heavy atom. The summed E-state index contributed by atoms with van der Waals surface area (Å²) in [7, 11) is 0. The van der Waals surface area contributed by atoms with Crippen molar-refractivity contribution in [1.82, 2.24) is 20.1 Å². The lowest BCUT2D eigenvalue weighted by atomic mass is 10.1. The summed E-state index contributed by atoms with van der Waals surface area (Å²) in [5.41, 5.74) is 2.40. The molecule has 1 aliphatic heterocycles. The molecule has 1 fully saturated rings. The molecule has 2 aromatic heterocycles. The fraction of sp³-hybridized carbons (Fsp3) is 0.286. The third-order valence-corrected chi connectivity index (χ3v) is 3.47. The van der Waals surface area contributed by atoms with Crippen molar-refractivity contribution in [3.8, 4) is 11.5 Å². The van der Waals surface area contributed by atoms with Crippen LogP contribution in [-0.2, 0) is 4.74 Å². The van der Waals surface area contributed by atoms with Crippen LogP contribution in [0.4, 0.5) is 0 Å². The Balaban J connectivity index is 1.79. The quantitative estimate of drug-likeness (QED) is 0.709. The molecule has 0 amide bonds. The summed E-state index contributed by atoms with van der Waals surface area (Å²) < 4.78 is 10.7. The normalized spacial score (nSPS) is 18.7. The molecule has 3 aromatic rings. The van der Waals surface area contributed by atoms with Gasteiger partial charge in [0, 0.05) is 24.9 Å². The first-order valence-electron chi connectivity index (χ1n) is 6.53. The van der Waals surface area contributed by atoms with E-state index in [1.54, 1.807) is 12.4 Å². The Morgan fingerprint density at radius 3 is 3.00 bits per heavy atom. The summed E-state index contributed by atoms with van der Waals surface area (Å²) in [6.45, 7) is 1.42. The van der Waals surface area contributed by atoms with Gasteiger partial charge in [-0.1, -0.05) is 11.2 Å². The summed E-state index contributed by atoms with van der Waals surface area (Å²) in [4.78, 5) is 13.1. The first kappa shape index (κ1) is 11.5. The van der Waals surface area contributed by atoms with Crippen LogP contribution in [0.2, 0.25) is 0 Å². The highest BCUT2D eigenvalue weighted by molar-refractivity contribution is 5.88. The molecule has 0 radical (unpaired) electrons. The van der Waals surface area contributed by atoms with Crippen LogP contribution in [-0.4, -0.2) is 33.3 Å². The number of para-hydroxylation sites is 1. The lowest BCUT2D eigenvalue weighted by Gasteiger charge is -2.00. The number of ether oxygens (including phenoxy) is 1. The third-order valence-electron chi connectivity index (χ3n) is 3.47. The van der Waals surface area contributed by atoms with Crippen molar-refractivity contribution in [2.24, 2.45) is 0 Å². The Labute approximate surface area is 114 Å². The minimum absolute atomic E-state index is 0.230. The Hall–Kier alpha value is -2.34. The fourth-order valence-corrected chi connectivity index (χ4v) is 2.41. The largest absolute Gasteiger partial charge is 0.381 e. The van der Waals surface area contributed by atoms with Crippen LogP contribution in [0, 0.1) is 0 Å². The zero-order valence-corrected chi connectivity index (χ0v) is 10.7. The summed E-state index contributed by atoms with van der Waals surface area (Å²) in [5, 5.41) is 4.07. The van der Waals surface area contributed by atoms with Gasteiger partial charge in [-0.15, -0.1) is 0 Å². The maximum Gasteiger partial charge on any atom is 0.260 e. The molecule has 0 N–H and O–H groups in total. The number of hydrogen-bond acceptors (Lipinski definition) is 6. The summed E-state index contributed by atoms with van der Waals surface area (Å²) in [6.07, 6.45) is 4.27. The maximum atomic E-state index is 5.39. The standard InChI is InChI=1S/C14H12N4O2/c1-2-10(12-11(3-1)15-5-6-16-12)14-17-13(18-20-14)9-4-7-19-8-9/h1-3,5-6,9H,4,7-8H2/t9-/m1/s1. The number of nitrogens with zero attached hydrogens (tertiary/aromatic N) is 4. The lowest BCUT2D eigenvalue weighted by molar-refractivity contribution is 0.192. The van der Waals surface area contributed by atoms with Gasteiger partial charge in [0.25, 0.3) is 5.89 Å². The Morgan fingerprint density at radius 1 is 1.15 bits per heavy atom. The number of fused-ring (bicyclic) bond motifs is 1. The number of aromatic nitrogens is 4. The topological polar surface area (TPSA) is 73.9 Å². The van der Waals surface area contributed by atoms with E-state index in [0.717, 1.165) is 29.6 Å². The number of rotatable bonds is 2. The van der Waals surface area contributed by atoms with Gasteiger partial charge in [-0.3, -0.25) is 9.97 Å². The third kappa shape index (κ3) is 1.85. The molecule has 1 saturated heterocycles. The molecule has 3 heterocycles. The van der Waals surface area contributed by atoms with E-state index < -0.39 is 0 Å². The fourth-order valence-electron chi connectivity index (χ4n) is 2.41. The minimum atomic E-state index is 0.230. The second-order valence-electron chi connectivity index (χ2n) is 4.75. The second-order valence-corrected chi connectivity index (χ2v) is 4.75. The maximum absolute atomic E-state index is 5.39. The summed E-state index contributed by atoms with van der Waals surface area (Å²) in [5.74, 6) is 1.42. The molecule has 1 atom stereocenters. The molecule has 0 unspecified atom stereocenters. The van der Waals surface area contributed by atoms with Crippen LogP contribution in [0.15, 0.2) is 35.1 Å². The highest BCUT2D eigenvalue weighted by atomic mass is 16.5. The molecule has 1 aromatic carbocycles. The first-order valence-corrected chi connectivity index (χ1v) is 6.53. The van der Waals surface area contributed by atoms with Gasteiger partial charge in [0.2, 0.25) is 0 Å². The minimum Gasteiger partial charge on any atom is -0.381 e. The van der Waals surface area contributed by atoms with Crippen LogP contribution >= 0.6 is 0 Å². The molecular weight excluding hydrogens is 256 g/mol. The van der Waals surface area contributed by atoms with E-state index in [0.29, 0.717) is 18.3 Å². The second kappa shape index (κ2) is 4.64. The van der Waals surface area contributed by atoms with Crippen molar-refractivity contribution in [3.63, 3.8) is 0 Å². The number of hydrogen-bond donors (Lipinski definition) is 0. The molecule has 6 nitrogen and oxygen atoms in total. The van der Waals surface area contributed by atoms with Crippen LogP contribution in [0.3, 0.4) is 0 Å². The molecular formula is C14H12N4O2. The van der Waals surface area contributed by atoms with Crippen molar-refractivity contribution in [2.45, 2.75) is 12.3 Å². The van der Waals surface area contributed by atoms with E-state index in [2.05, 4.69) is 20.1 Å². The van der Waals surface area contributed by atoms with Crippen LogP contribution in [0.1, 0.15) is 18.2 Å². The van der Waals surface area contributed by atoms with Crippen molar-refractivity contribution < 1.29 is 9.26 Å². The molecule has 1 aliphatic rings. The zero-order valence-electron chi connectivity index (χ0n) is 10.7. The zero-order chi connectivity index (χ0) is 13.4. The van der Waals surface area contributed by atoms with E-state index in [4.69, 9.17) is 9.26 Å². The first-order chi connectivity index (χ1) is 9.92. The van der Waals surface area contributed by atoms with Crippen LogP contribution in [0.5, 0.6) is 0 Å². The molecule has 4 rings (SSSR count). The Bertz CT molecular complexity index is 744. The van der Waals surface area contributed by atoms with E-state index in [-0.39, 0.29) is 5.92 Å². The van der Waals surface area contributed by atoms with Gasteiger partial charge in [-0.2, -0.15) is 4.98 Å². The van der Waals surface area contributed by atoms with Gasteiger partial charge in [0.05, 0.1) is 17.7 Å². The summed E-state index contributed by atoms with van der Waals surface area (Å²) in [6, 6.07) is 5.74. The molecule has 20 heavy (non-hydrogen) atoms. The molecule has 0 aliphatic carbocycles. The average molecular weight is 268 g/mol. The van der Waals surface area contributed by atoms with E-state index in [9.17, 15) is 0 Å². The van der Waals surface area contributed by atoms with Gasteiger partial charge >= 0.3 is 0 Å². The highest BCUT2D eigenvalue weighted by Crippen LogP contribution is 2.28. The van der Waals surface area contributed by atoms with Gasteiger partial charge in [-0.05, 0) is 18.6 Å². The number of benzene rings is 1. The molecule has 100 valence electrons. The smallest absolute Gasteiger partial charge is 0.260 e.